The molecule has 2 atom stereocenters. The van der Waals surface area contributed by atoms with E-state index in [1.54, 1.807) is 25.4 Å². The molecule has 218 valence electrons. The molecule has 2 aromatic heterocycles. The van der Waals surface area contributed by atoms with Crippen molar-refractivity contribution in [1.29, 1.82) is 0 Å². The van der Waals surface area contributed by atoms with Gasteiger partial charge in [0.15, 0.2) is 5.82 Å². The molecule has 0 spiro atoms. The smallest absolute Gasteiger partial charge is 0.409 e. The van der Waals surface area contributed by atoms with Crippen LogP contribution in [0.15, 0.2) is 97.5 Å². The zero-order valence-corrected chi connectivity index (χ0v) is 23.7. The number of imidazole rings is 1. The van der Waals surface area contributed by atoms with Gasteiger partial charge in [-0.1, -0.05) is 42.5 Å². The molecule has 7 nitrogen and oxygen atoms in total. The summed E-state index contributed by atoms with van der Waals surface area (Å²) in [7, 11) is 1.66. The van der Waals surface area contributed by atoms with E-state index < -0.39 is 12.3 Å². The maximum Gasteiger partial charge on any atom is 0.409 e. The minimum absolute atomic E-state index is 0.183. The Bertz CT molecular complexity index is 1770. The second-order valence-corrected chi connectivity index (χ2v) is 11.3. The van der Waals surface area contributed by atoms with Crippen LogP contribution >= 0.6 is 0 Å². The summed E-state index contributed by atoms with van der Waals surface area (Å²) in [4.78, 5) is 20.8. The maximum atomic E-state index is 15.3. The molecule has 0 radical (unpaired) electrons. The first kappa shape index (κ1) is 26.9. The van der Waals surface area contributed by atoms with Gasteiger partial charge < -0.3 is 19.1 Å². The molecule has 1 saturated heterocycles. The van der Waals surface area contributed by atoms with E-state index in [9.17, 15) is 9.18 Å². The third-order valence-electron chi connectivity index (χ3n) is 8.36. The Morgan fingerprint density at radius 1 is 1.02 bits per heavy atom. The van der Waals surface area contributed by atoms with Gasteiger partial charge in [-0.15, -0.1) is 0 Å². The summed E-state index contributed by atoms with van der Waals surface area (Å²) in [6.07, 6.45) is 4.27. The third kappa shape index (κ3) is 5.27. The molecule has 0 saturated carbocycles. The van der Waals surface area contributed by atoms with Crippen LogP contribution < -0.4 is 4.90 Å². The average molecular weight is 580 g/mol. The van der Waals surface area contributed by atoms with Crippen LogP contribution in [0.5, 0.6) is 0 Å². The number of rotatable bonds is 6. The van der Waals surface area contributed by atoms with E-state index >= 15 is 4.39 Å². The first-order chi connectivity index (χ1) is 20.9. The van der Waals surface area contributed by atoms with Crippen LogP contribution in [0.1, 0.15) is 11.1 Å². The number of nitrogens with zero attached hydrogens (tertiary/aromatic N) is 5. The number of hydrogen-bond donors (Lipinski definition) is 0. The molecule has 5 aromatic rings. The summed E-state index contributed by atoms with van der Waals surface area (Å²) in [5, 5.41) is 0. The second-order valence-electron chi connectivity index (χ2n) is 11.3. The summed E-state index contributed by atoms with van der Waals surface area (Å²) in [5.41, 5.74) is 6.83. The van der Waals surface area contributed by atoms with E-state index in [0.717, 1.165) is 45.1 Å². The molecule has 1 fully saturated rings. The molecule has 9 heteroatoms. The molecule has 0 unspecified atom stereocenters. The van der Waals surface area contributed by atoms with Crippen LogP contribution in [0.4, 0.5) is 19.3 Å². The summed E-state index contributed by atoms with van der Waals surface area (Å²) >= 11 is 0. The highest BCUT2D eigenvalue weighted by molar-refractivity contribution is 5.72. The number of hydrogen-bond acceptors (Lipinski definition) is 4. The number of anilines is 1. The van der Waals surface area contributed by atoms with Gasteiger partial charge in [0.25, 0.3) is 0 Å². The maximum absolute atomic E-state index is 15.3. The van der Waals surface area contributed by atoms with Crippen molar-refractivity contribution in [2.24, 2.45) is 5.92 Å². The Morgan fingerprint density at radius 3 is 2.65 bits per heavy atom. The molecule has 7 rings (SSSR count). The van der Waals surface area contributed by atoms with Crippen LogP contribution in [0.3, 0.4) is 0 Å². The Hall–Kier alpha value is -4.92. The second kappa shape index (κ2) is 11.1. The monoisotopic (exact) mass is 579 g/mol. The predicted molar refractivity (Wildman–Crippen MR) is 161 cm³/mol. The number of ether oxygens (including phenoxy) is 1. The molecule has 0 bridgehead atoms. The van der Waals surface area contributed by atoms with E-state index in [2.05, 4.69) is 43.4 Å². The highest BCUT2D eigenvalue weighted by Crippen LogP contribution is 2.36. The summed E-state index contributed by atoms with van der Waals surface area (Å²) in [6.45, 7) is 1.82. The summed E-state index contributed by atoms with van der Waals surface area (Å²) in [5.74, 6) is 0.227. The highest BCUT2D eigenvalue weighted by atomic mass is 19.1. The minimum Gasteiger partial charge on any atom is -0.445 e. The fraction of sp³-hybridized carbons (Fsp3) is 0.235. The SMILES string of the molecule is CN(C[C@H]1CN(c2ccc3c(c2)Cn2cc(-c4ccc(F)cc4)cc2-c2nccn2-3)C[C@H]1F)C(=O)OCc1ccccc1. The fourth-order valence-electron chi connectivity index (χ4n) is 6.10. The average Bonchev–Trinajstić information content (AvgIpc) is 3.74. The van der Waals surface area contributed by atoms with Crippen LogP contribution in [0.25, 0.3) is 28.3 Å². The molecule has 0 N–H and O–H groups in total. The lowest BCUT2D eigenvalue weighted by atomic mass is 10.1. The van der Waals surface area contributed by atoms with Crippen molar-refractivity contribution in [1.82, 2.24) is 19.0 Å². The number of carbonyl (C=O) groups excluding carboxylic acids is 1. The van der Waals surface area contributed by atoms with E-state index in [1.165, 1.54) is 17.0 Å². The van der Waals surface area contributed by atoms with Gasteiger partial charge in [0.1, 0.15) is 18.6 Å². The van der Waals surface area contributed by atoms with Crippen molar-refractivity contribution < 1.29 is 18.3 Å². The first-order valence-electron chi connectivity index (χ1n) is 14.4. The number of alkyl halides is 1. The van der Waals surface area contributed by atoms with Crippen molar-refractivity contribution >= 4 is 11.8 Å². The van der Waals surface area contributed by atoms with Crippen molar-refractivity contribution in [2.45, 2.75) is 19.3 Å². The molecular formula is C34H31F2N5O2. The van der Waals surface area contributed by atoms with Crippen molar-refractivity contribution in [3.05, 3.63) is 114 Å². The minimum atomic E-state index is -1.07. The van der Waals surface area contributed by atoms with Gasteiger partial charge >= 0.3 is 6.09 Å². The highest BCUT2D eigenvalue weighted by Gasteiger charge is 2.35. The first-order valence-corrected chi connectivity index (χ1v) is 14.4. The number of fused-ring (bicyclic) bond motifs is 5. The number of benzene rings is 3. The van der Waals surface area contributed by atoms with Gasteiger partial charge in [0.2, 0.25) is 0 Å². The van der Waals surface area contributed by atoms with Gasteiger partial charge in [0, 0.05) is 69.0 Å². The van der Waals surface area contributed by atoms with Crippen molar-refractivity contribution in [2.75, 3.05) is 31.6 Å². The summed E-state index contributed by atoms with van der Waals surface area (Å²) in [6, 6.07) is 24.3. The third-order valence-corrected chi connectivity index (χ3v) is 8.36. The lowest BCUT2D eigenvalue weighted by molar-refractivity contribution is 0.0959. The molecule has 3 aromatic carbocycles. The zero-order valence-electron chi connectivity index (χ0n) is 23.7. The zero-order chi connectivity index (χ0) is 29.5. The lowest BCUT2D eigenvalue weighted by Crippen LogP contribution is -2.35. The van der Waals surface area contributed by atoms with Gasteiger partial charge in [-0.3, -0.25) is 4.57 Å². The van der Waals surface area contributed by atoms with Crippen LogP contribution in [-0.2, 0) is 17.9 Å². The molecule has 43 heavy (non-hydrogen) atoms. The largest absolute Gasteiger partial charge is 0.445 e. The fourth-order valence-corrected chi connectivity index (χ4v) is 6.10. The van der Waals surface area contributed by atoms with Crippen LogP contribution in [0.2, 0.25) is 0 Å². The molecule has 2 aliphatic heterocycles. The van der Waals surface area contributed by atoms with Gasteiger partial charge in [-0.05, 0) is 53.1 Å². The molecule has 1 amide bonds. The van der Waals surface area contributed by atoms with Crippen molar-refractivity contribution in [3.8, 4) is 28.3 Å². The van der Waals surface area contributed by atoms with Gasteiger partial charge in [-0.2, -0.15) is 0 Å². The molecule has 2 aliphatic rings. The Kier molecular flexibility index (Phi) is 6.93. The topological polar surface area (TPSA) is 55.5 Å². The molecule has 0 aliphatic carbocycles. The number of aromatic nitrogens is 3. The molecule has 4 heterocycles. The Morgan fingerprint density at radius 2 is 1.84 bits per heavy atom. The van der Waals surface area contributed by atoms with Crippen LogP contribution in [-0.4, -0.2) is 58.0 Å². The standard InChI is InChI=1S/C34H31F2N5O2/c1-38(34(42)43-22-23-5-3-2-4-6-23)17-27-20-39(21-30(27)36)29-11-12-31-26(15-29)19-40-18-25(24-7-9-28(35)10-8-24)16-32(40)33-37-13-14-41(31)33/h2-16,18,27,30H,17,19-22H2,1H3/t27-,30+/m0/s1. The Balaban J connectivity index is 1.08. The predicted octanol–water partition coefficient (Wildman–Crippen LogP) is 6.55. The normalized spacial score (nSPS) is 17.1. The van der Waals surface area contributed by atoms with Crippen molar-refractivity contribution in [3.63, 3.8) is 0 Å². The van der Waals surface area contributed by atoms with E-state index in [0.29, 0.717) is 13.1 Å². The van der Waals surface area contributed by atoms with Gasteiger partial charge in [0.05, 0.1) is 11.4 Å². The van der Waals surface area contributed by atoms with E-state index in [-0.39, 0.29) is 31.4 Å². The summed E-state index contributed by atoms with van der Waals surface area (Å²) < 4.78 is 38.5. The van der Waals surface area contributed by atoms with Gasteiger partial charge in [-0.25, -0.2) is 18.6 Å². The number of carbonyl (C=O) groups is 1. The van der Waals surface area contributed by atoms with E-state index in [1.807, 2.05) is 42.6 Å². The Labute approximate surface area is 248 Å². The number of halogens is 2. The quantitative estimate of drug-likeness (QED) is 0.225. The van der Waals surface area contributed by atoms with E-state index in [4.69, 9.17) is 4.74 Å². The number of amides is 1. The molecular weight excluding hydrogens is 548 g/mol. The lowest BCUT2D eigenvalue weighted by Gasteiger charge is -2.23. The van der Waals surface area contributed by atoms with Crippen LogP contribution in [0, 0.1) is 11.7 Å².